The number of nitrogens with zero attached hydrogens (tertiary/aromatic N) is 2. The summed E-state index contributed by atoms with van der Waals surface area (Å²) in [6, 6.07) is 10.0. The van der Waals surface area contributed by atoms with Crippen molar-refractivity contribution in [3.8, 4) is 0 Å². The first-order valence-corrected chi connectivity index (χ1v) is 5.45. The van der Waals surface area contributed by atoms with Gasteiger partial charge in [-0.15, -0.1) is 0 Å². The van der Waals surface area contributed by atoms with Crippen molar-refractivity contribution in [2.24, 2.45) is 9.98 Å². The Hall–Kier alpha value is -2.22. The zero-order chi connectivity index (χ0) is 12.1. The maximum absolute atomic E-state index is 4.26. The molecular weight excluding hydrogens is 208 g/mol. The van der Waals surface area contributed by atoms with Crippen LogP contribution < -0.4 is 0 Å². The quantitative estimate of drug-likeness (QED) is 0.686. The van der Waals surface area contributed by atoms with E-state index in [0.29, 0.717) is 0 Å². The fourth-order valence-corrected chi connectivity index (χ4v) is 1.80. The Labute approximate surface area is 101 Å². The predicted molar refractivity (Wildman–Crippen MR) is 74.6 cm³/mol. The van der Waals surface area contributed by atoms with Gasteiger partial charge in [-0.3, -0.25) is 9.98 Å². The summed E-state index contributed by atoms with van der Waals surface area (Å²) >= 11 is 0. The summed E-state index contributed by atoms with van der Waals surface area (Å²) in [6.45, 7) is 3.66. The topological polar surface area (TPSA) is 24.7 Å². The molecule has 2 nitrogen and oxygen atoms in total. The largest absolute Gasteiger partial charge is 0.288 e. The Bertz CT molecular complexity index is 531. The molecule has 0 heterocycles. The maximum atomic E-state index is 4.26. The third-order valence-corrected chi connectivity index (χ3v) is 2.61. The zero-order valence-electron chi connectivity index (χ0n) is 9.80. The van der Waals surface area contributed by atoms with Gasteiger partial charge in [0.1, 0.15) is 0 Å². The molecule has 1 aliphatic carbocycles. The van der Waals surface area contributed by atoms with Gasteiger partial charge in [0.25, 0.3) is 0 Å². The number of hydrogen-bond acceptors (Lipinski definition) is 2. The van der Waals surface area contributed by atoms with E-state index >= 15 is 0 Å². The fourth-order valence-electron chi connectivity index (χ4n) is 1.80. The monoisotopic (exact) mass is 222 g/mol. The predicted octanol–water partition coefficient (Wildman–Crippen LogP) is 3.30. The van der Waals surface area contributed by atoms with E-state index in [1.54, 1.807) is 7.05 Å². The van der Waals surface area contributed by atoms with Crippen LogP contribution in [0.5, 0.6) is 0 Å². The molecule has 0 bridgehead atoms. The van der Waals surface area contributed by atoms with Crippen LogP contribution in [0.15, 0.2) is 70.2 Å². The molecule has 0 atom stereocenters. The summed E-state index contributed by atoms with van der Waals surface area (Å²) in [5, 5.41) is 0. The van der Waals surface area contributed by atoms with Crippen molar-refractivity contribution >= 4 is 18.1 Å². The van der Waals surface area contributed by atoms with Gasteiger partial charge in [-0.1, -0.05) is 48.6 Å². The minimum atomic E-state index is 0.867. The summed E-state index contributed by atoms with van der Waals surface area (Å²) in [6.07, 6.45) is 7.94. The van der Waals surface area contributed by atoms with E-state index in [-0.39, 0.29) is 0 Å². The molecule has 0 fully saturated rings. The van der Waals surface area contributed by atoms with Crippen molar-refractivity contribution < 1.29 is 0 Å². The van der Waals surface area contributed by atoms with Gasteiger partial charge < -0.3 is 0 Å². The van der Waals surface area contributed by atoms with Crippen molar-refractivity contribution in [3.05, 3.63) is 65.8 Å². The second-order valence-electron chi connectivity index (χ2n) is 3.61. The van der Waals surface area contributed by atoms with Crippen LogP contribution in [0.1, 0.15) is 5.56 Å². The number of hydrogen-bond donors (Lipinski definition) is 0. The lowest BCUT2D eigenvalue weighted by Crippen LogP contribution is -2.02. The molecule has 17 heavy (non-hydrogen) atoms. The number of benzene rings is 1. The van der Waals surface area contributed by atoms with E-state index in [2.05, 4.69) is 16.7 Å². The second kappa shape index (κ2) is 5.21. The van der Waals surface area contributed by atoms with Crippen molar-refractivity contribution in [1.29, 1.82) is 0 Å². The Morgan fingerprint density at radius 2 is 1.76 bits per heavy atom. The van der Waals surface area contributed by atoms with Gasteiger partial charge in [0.15, 0.2) is 0 Å². The first kappa shape index (κ1) is 11.3. The van der Waals surface area contributed by atoms with Crippen LogP contribution in [0, 0.1) is 0 Å². The number of allylic oxidation sites excluding steroid dienone is 5. The molecule has 0 amide bonds. The Balaban J connectivity index is 2.58. The van der Waals surface area contributed by atoms with E-state index in [4.69, 9.17) is 0 Å². The van der Waals surface area contributed by atoms with Gasteiger partial charge in [0.05, 0.1) is 11.4 Å². The molecule has 0 aromatic heterocycles. The summed E-state index contributed by atoms with van der Waals surface area (Å²) in [5.74, 6) is 0. The van der Waals surface area contributed by atoms with E-state index in [9.17, 15) is 0 Å². The van der Waals surface area contributed by atoms with Crippen LogP contribution in [-0.2, 0) is 0 Å². The molecule has 0 unspecified atom stereocenters. The number of rotatable bonds is 2. The van der Waals surface area contributed by atoms with Crippen LogP contribution in [0.4, 0.5) is 0 Å². The lowest BCUT2D eigenvalue weighted by atomic mass is 9.99. The highest BCUT2D eigenvalue weighted by atomic mass is 14.7. The van der Waals surface area contributed by atoms with E-state index in [1.165, 1.54) is 0 Å². The van der Waals surface area contributed by atoms with Crippen molar-refractivity contribution in [2.45, 2.75) is 0 Å². The average molecular weight is 222 g/mol. The summed E-state index contributed by atoms with van der Waals surface area (Å²) < 4.78 is 0. The first-order chi connectivity index (χ1) is 8.36. The maximum Gasteiger partial charge on any atom is 0.0788 e. The van der Waals surface area contributed by atoms with Gasteiger partial charge in [-0.2, -0.15) is 0 Å². The highest BCUT2D eigenvalue weighted by Gasteiger charge is 2.10. The third kappa shape index (κ3) is 2.31. The van der Waals surface area contributed by atoms with Crippen molar-refractivity contribution in [3.63, 3.8) is 0 Å². The van der Waals surface area contributed by atoms with Gasteiger partial charge in [-0.05, 0) is 12.8 Å². The summed E-state index contributed by atoms with van der Waals surface area (Å²) in [7, 11) is 1.78. The molecule has 2 rings (SSSR count). The summed E-state index contributed by atoms with van der Waals surface area (Å²) in [5.41, 5.74) is 3.86. The smallest absolute Gasteiger partial charge is 0.0788 e. The number of aliphatic imine (C=N–C) groups is 2. The van der Waals surface area contributed by atoms with E-state index in [0.717, 1.165) is 22.5 Å². The van der Waals surface area contributed by atoms with Crippen LogP contribution in [0.25, 0.3) is 5.70 Å². The standard InChI is InChI=1S/C15H14N2/c1-16-14-11-7-6-10-13(14)15(17-2)12-8-4-3-5-9-12/h3-11H,2H2,1H3/b15-13-,16-14?. The van der Waals surface area contributed by atoms with E-state index < -0.39 is 0 Å². The second-order valence-corrected chi connectivity index (χ2v) is 3.61. The molecule has 0 saturated heterocycles. The molecule has 1 aliphatic rings. The third-order valence-electron chi connectivity index (χ3n) is 2.61. The average Bonchev–Trinajstić information content (AvgIpc) is 2.41. The molecule has 0 radical (unpaired) electrons. The van der Waals surface area contributed by atoms with Crippen molar-refractivity contribution in [2.75, 3.05) is 7.05 Å². The van der Waals surface area contributed by atoms with Gasteiger partial charge in [0.2, 0.25) is 0 Å². The molecular formula is C15H14N2. The molecule has 0 N–H and O–H groups in total. The Morgan fingerprint density at radius 1 is 1.06 bits per heavy atom. The highest BCUT2D eigenvalue weighted by Crippen LogP contribution is 2.23. The SMILES string of the molecule is C=N/C(=C1/C=CC=CC1=NC)c1ccccc1. The zero-order valence-corrected chi connectivity index (χ0v) is 9.80. The highest BCUT2D eigenvalue weighted by molar-refractivity contribution is 6.16. The molecule has 0 spiro atoms. The van der Waals surface area contributed by atoms with Crippen LogP contribution in [0.2, 0.25) is 0 Å². The molecule has 0 saturated carbocycles. The van der Waals surface area contributed by atoms with Crippen LogP contribution in [-0.4, -0.2) is 19.5 Å². The normalized spacial score (nSPS) is 19.5. The Morgan fingerprint density at radius 3 is 2.41 bits per heavy atom. The van der Waals surface area contributed by atoms with Crippen LogP contribution >= 0.6 is 0 Å². The van der Waals surface area contributed by atoms with Crippen molar-refractivity contribution in [1.82, 2.24) is 0 Å². The molecule has 1 aromatic rings. The molecule has 84 valence electrons. The lowest BCUT2D eigenvalue weighted by Gasteiger charge is -2.11. The van der Waals surface area contributed by atoms with Gasteiger partial charge in [-0.25, -0.2) is 0 Å². The fraction of sp³-hybridized carbons (Fsp3) is 0.0667. The lowest BCUT2D eigenvalue weighted by molar-refractivity contribution is 1.42. The molecule has 2 heteroatoms. The minimum Gasteiger partial charge on any atom is -0.288 e. The Kier molecular flexibility index (Phi) is 3.46. The first-order valence-electron chi connectivity index (χ1n) is 5.45. The summed E-state index contributed by atoms with van der Waals surface area (Å²) in [4.78, 5) is 8.40. The molecule has 0 aliphatic heterocycles. The molecule has 1 aromatic carbocycles. The van der Waals surface area contributed by atoms with Gasteiger partial charge in [0, 0.05) is 18.2 Å². The van der Waals surface area contributed by atoms with E-state index in [1.807, 2.05) is 54.6 Å². The van der Waals surface area contributed by atoms with Crippen LogP contribution in [0.3, 0.4) is 0 Å². The minimum absolute atomic E-state index is 0.867. The van der Waals surface area contributed by atoms with Gasteiger partial charge >= 0.3 is 0 Å².